The molecule has 0 spiro atoms. The smallest absolute Gasteiger partial charge is 0.250 e. The Bertz CT molecular complexity index is 752. The summed E-state index contributed by atoms with van der Waals surface area (Å²) in [6, 6.07) is 6.30. The highest BCUT2D eigenvalue weighted by Gasteiger charge is 2.35. The lowest BCUT2D eigenvalue weighted by Gasteiger charge is -2.25. The second-order valence-electron chi connectivity index (χ2n) is 5.69. The molecule has 3 N–H and O–H groups in total. The van der Waals surface area contributed by atoms with Crippen LogP contribution in [0.25, 0.3) is 11.1 Å². The normalized spacial score (nSPS) is 14.8. The fourth-order valence-electron chi connectivity index (χ4n) is 2.34. The minimum atomic E-state index is -2.19. The Morgan fingerprint density at radius 1 is 1.46 bits per heavy atom. The fourth-order valence-corrected chi connectivity index (χ4v) is 3.16. The molecule has 9 heteroatoms. The molecule has 0 saturated carbocycles. The predicted molar refractivity (Wildman–Crippen MR) is 85.9 cm³/mol. The summed E-state index contributed by atoms with van der Waals surface area (Å²) in [6.07, 6.45) is 3.31. The quantitative estimate of drug-likeness (QED) is 0.399. The van der Waals surface area contributed by atoms with Gasteiger partial charge in [0, 0.05) is 23.9 Å². The standard InChI is InChI=1S/C15H18FN3O4S/c1-15(10-24(22)23,14(20)18-21)6-7-19-9-11(8-17-19)12-4-2-3-5-13(12)16/h2-5,8-9,21H,6-7,10H2,1H3,(H,18,20)(H,22,23). The number of hydrogen-bond donors (Lipinski definition) is 3. The van der Waals surface area contributed by atoms with E-state index in [1.165, 1.54) is 29.3 Å². The zero-order valence-electron chi connectivity index (χ0n) is 13.0. The molecule has 0 bridgehead atoms. The van der Waals surface area contributed by atoms with E-state index in [1.54, 1.807) is 24.4 Å². The molecule has 7 nitrogen and oxygen atoms in total. The number of aryl methyl sites for hydroxylation is 1. The molecule has 1 aromatic heterocycles. The first kappa shape index (κ1) is 18.2. The van der Waals surface area contributed by atoms with Gasteiger partial charge in [-0.15, -0.1) is 0 Å². The number of hydrogen-bond acceptors (Lipinski definition) is 4. The van der Waals surface area contributed by atoms with Crippen LogP contribution in [-0.4, -0.2) is 35.4 Å². The molecule has 1 heterocycles. The number of rotatable bonds is 7. The number of carbonyl (C=O) groups excluding carboxylic acids is 1. The van der Waals surface area contributed by atoms with Gasteiger partial charge in [-0.1, -0.05) is 18.2 Å². The number of nitrogens with one attached hydrogen (secondary N) is 1. The topological polar surface area (TPSA) is 104 Å². The van der Waals surface area contributed by atoms with Gasteiger partial charge in [0.05, 0.1) is 17.4 Å². The van der Waals surface area contributed by atoms with Crippen LogP contribution in [0.1, 0.15) is 13.3 Å². The zero-order valence-corrected chi connectivity index (χ0v) is 13.8. The van der Waals surface area contributed by atoms with Crippen molar-refractivity contribution in [1.82, 2.24) is 15.3 Å². The van der Waals surface area contributed by atoms with Gasteiger partial charge in [0.2, 0.25) is 5.91 Å². The van der Waals surface area contributed by atoms with Crippen molar-refractivity contribution in [3.05, 3.63) is 42.5 Å². The number of hydroxylamine groups is 1. The van der Waals surface area contributed by atoms with Crippen molar-refractivity contribution < 1.29 is 23.2 Å². The Kier molecular flexibility index (Phi) is 5.81. The maximum Gasteiger partial charge on any atom is 0.250 e. The molecule has 2 aromatic rings. The van der Waals surface area contributed by atoms with E-state index in [-0.39, 0.29) is 24.5 Å². The zero-order chi connectivity index (χ0) is 17.7. The molecule has 130 valence electrons. The van der Waals surface area contributed by atoms with Crippen LogP contribution >= 0.6 is 0 Å². The summed E-state index contributed by atoms with van der Waals surface area (Å²) in [6.45, 7) is 1.74. The number of aromatic nitrogens is 2. The summed E-state index contributed by atoms with van der Waals surface area (Å²) in [5.74, 6) is -1.43. The summed E-state index contributed by atoms with van der Waals surface area (Å²) in [4.78, 5) is 11.8. The van der Waals surface area contributed by atoms with Gasteiger partial charge in [0.15, 0.2) is 11.1 Å². The molecule has 0 fully saturated rings. The third-order valence-corrected chi connectivity index (χ3v) is 4.69. The number of nitrogens with zero attached hydrogens (tertiary/aromatic N) is 2. The van der Waals surface area contributed by atoms with Crippen molar-refractivity contribution in [2.75, 3.05) is 5.75 Å². The van der Waals surface area contributed by atoms with Gasteiger partial charge in [0.1, 0.15) is 5.82 Å². The molecular weight excluding hydrogens is 337 g/mol. The van der Waals surface area contributed by atoms with Gasteiger partial charge in [-0.2, -0.15) is 5.10 Å². The van der Waals surface area contributed by atoms with Crippen LogP contribution in [0.4, 0.5) is 4.39 Å². The van der Waals surface area contributed by atoms with Crippen LogP contribution in [0.15, 0.2) is 36.7 Å². The third kappa shape index (κ3) is 4.25. The first-order valence-electron chi connectivity index (χ1n) is 7.15. The number of carbonyl (C=O) groups is 1. The Morgan fingerprint density at radius 2 is 2.17 bits per heavy atom. The van der Waals surface area contributed by atoms with Crippen LogP contribution in [0.5, 0.6) is 0 Å². The van der Waals surface area contributed by atoms with Gasteiger partial charge < -0.3 is 4.55 Å². The van der Waals surface area contributed by atoms with Gasteiger partial charge in [-0.3, -0.25) is 14.7 Å². The largest absolute Gasteiger partial charge is 0.306 e. The lowest BCUT2D eigenvalue weighted by Crippen LogP contribution is -2.42. The lowest BCUT2D eigenvalue weighted by atomic mass is 9.88. The van der Waals surface area contributed by atoms with E-state index in [4.69, 9.17) is 9.76 Å². The maximum atomic E-state index is 13.8. The number of amides is 1. The average molecular weight is 355 g/mol. The Labute approximate surface area is 140 Å². The molecule has 0 aliphatic rings. The van der Waals surface area contributed by atoms with Crippen molar-refractivity contribution in [2.45, 2.75) is 19.9 Å². The lowest BCUT2D eigenvalue weighted by molar-refractivity contribution is -0.138. The van der Waals surface area contributed by atoms with Gasteiger partial charge in [-0.05, 0) is 19.4 Å². The third-order valence-electron chi connectivity index (χ3n) is 3.80. The summed E-state index contributed by atoms with van der Waals surface area (Å²) < 4.78 is 35.4. The highest BCUT2D eigenvalue weighted by molar-refractivity contribution is 7.79. The highest BCUT2D eigenvalue weighted by Crippen LogP contribution is 2.25. The van der Waals surface area contributed by atoms with Crippen molar-refractivity contribution >= 4 is 17.0 Å². The van der Waals surface area contributed by atoms with Crippen LogP contribution < -0.4 is 5.48 Å². The van der Waals surface area contributed by atoms with E-state index in [0.717, 1.165) is 0 Å². The van der Waals surface area contributed by atoms with Crippen LogP contribution in [0.2, 0.25) is 0 Å². The van der Waals surface area contributed by atoms with E-state index in [2.05, 4.69) is 5.10 Å². The summed E-state index contributed by atoms with van der Waals surface area (Å²) in [5.41, 5.74) is 1.29. The van der Waals surface area contributed by atoms with Gasteiger partial charge in [-0.25, -0.2) is 14.1 Å². The van der Waals surface area contributed by atoms with Crippen molar-refractivity contribution in [3.8, 4) is 11.1 Å². The van der Waals surface area contributed by atoms with Gasteiger partial charge in [0.25, 0.3) is 0 Å². The number of halogens is 1. The minimum Gasteiger partial charge on any atom is -0.306 e. The Hall–Kier alpha value is -2.10. The summed E-state index contributed by atoms with van der Waals surface area (Å²) >= 11 is -2.19. The summed E-state index contributed by atoms with van der Waals surface area (Å²) in [5, 5.41) is 12.9. The highest BCUT2D eigenvalue weighted by atomic mass is 32.2. The van der Waals surface area contributed by atoms with E-state index < -0.39 is 22.4 Å². The van der Waals surface area contributed by atoms with Crippen molar-refractivity contribution in [2.24, 2.45) is 5.41 Å². The monoisotopic (exact) mass is 355 g/mol. The molecule has 0 aliphatic carbocycles. The first-order chi connectivity index (χ1) is 11.4. The molecule has 2 unspecified atom stereocenters. The fraction of sp³-hybridized carbons (Fsp3) is 0.333. The van der Waals surface area contributed by atoms with E-state index in [9.17, 15) is 13.4 Å². The second-order valence-corrected chi connectivity index (χ2v) is 6.62. The Morgan fingerprint density at radius 3 is 2.79 bits per heavy atom. The second kappa shape index (κ2) is 7.65. The Balaban J connectivity index is 2.13. The minimum absolute atomic E-state index is 0.171. The molecule has 0 aliphatic heterocycles. The van der Waals surface area contributed by atoms with E-state index in [0.29, 0.717) is 11.1 Å². The van der Waals surface area contributed by atoms with Crippen molar-refractivity contribution in [1.29, 1.82) is 0 Å². The molecule has 1 amide bonds. The van der Waals surface area contributed by atoms with Crippen LogP contribution in [0.3, 0.4) is 0 Å². The first-order valence-corrected chi connectivity index (χ1v) is 8.42. The maximum absolute atomic E-state index is 13.8. The molecular formula is C15H18FN3O4S. The molecule has 0 radical (unpaired) electrons. The van der Waals surface area contributed by atoms with Crippen LogP contribution in [-0.2, 0) is 22.4 Å². The molecule has 24 heavy (non-hydrogen) atoms. The molecule has 1 aromatic carbocycles. The number of benzene rings is 1. The molecule has 2 atom stereocenters. The SMILES string of the molecule is CC(CCn1cc(-c2ccccc2F)cn1)(CS(=O)O)C(=O)NO. The van der Waals surface area contributed by atoms with Crippen molar-refractivity contribution in [3.63, 3.8) is 0 Å². The predicted octanol–water partition coefficient (Wildman–Crippen LogP) is 1.81. The molecule has 2 rings (SSSR count). The summed E-state index contributed by atoms with van der Waals surface area (Å²) in [7, 11) is 0. The van der Waals surface area contributed by atoms with E-state index in [1.807, 2.05) is 0 Å². The van der Waals surface area contributed by atoms with Gasteiger partial charge >= 0.3 is 0 Å². The van der Waals surface area contributed by atoms with E-state index >= 15 is 0 Å². The van der Waals surface area contributed by atoms with Crippen LogP contribution in [0, 0.1) is 11.2 Å². The average Bonchev–Trinajstić information content (AvgIpc) is 3.00. The molecule has 0 saturated heterocycles.